The van der Waals surface area contributed by atoms with E-state index < -0.39 is 11.6 Å². The minimum atomic E-state index is -0.767. The van der Waals surface area contributed by atoms with Crippen LogP contribution in [0.3, 0.4) is 0 Å². The highest BCUT2D eigenvalue weighted by atomic mass is 19.2. The number of allylic oxidation sites excluding steroid dienone is 4. The third kappa shape index (κ3) is 5.53. The van der Waals surface area contributed by atoms with E-state index in [0.29, 0.717) is 11.5 Å². The van der Waals surface area contributed by atoms with Crippen LogP contribution in [0.5, 0.6) is 0 Å². The average Bonchev–Trinajstić information content (AvgIpc) is 2.71. The van der Waals surface area contributed by atoms with Crippen LogP contribution in [0.2, 0.25) is 0 Å². The molecule has 0 N–H and O–H groups in total. The number of benzene rings is 1. The molecule has 0 nitrogen and oxygen atoms in total. The summed E-state index contributed by atoms with van der Waals surface area (Å²) in [6.45, 7) is 2.27. The average molecular weight is 373 g/mol. The molecule has 0 radical (unpaired) electrons. The quantitative estimate of drug-likeness (QED) is 0.404. The van der Waals surface area contributed by atoms with Gasteiger partial charge in [-0.05, 0) is 48.7 Å². The SMILES string of the molecule is CCCCCCC[C@H]1CC[C@H](C2C=CC(c3cccc(F)c3F)=CC2)CC1. The molecule has 3 rings (SSSR count). The fourth-order valence-electron chi connectivity index (χ4n) is 4.85. The van der Waals surface area contributed by atoms with Crippen LogP contribution < -0.4 is 0 Å². The Hall–Kier alpha value is -1.44. The van der Waals surface area contributed by atoms with Crippen LogP contribution in [-0.4, -0.2) is 0 Å². The maximum Gasteiger partial charge on any atom is 0.166 e. The molecule has 2 aliphatic carbocycles. The first-order valence-electron chi connectivity index (χ1n) is 11.0. The van der Waals surface area contributed by atoms with Gasteiger partial charge >= 0.3 is 0 Å². The Labute approximate surface area is 163 Å². The van der Waals surface area contributed by atoms with Crippen molar-refractivity contribution in [3.63, 3.8) is 0 Å². The lowest BCUT2D eigenvalue weighted by molar-refractivity contribution is 0.218. The predicted octanol–water partition coefficient (Wildman–Crippen LogP) is 8.09. The van der Waals surface area contributed by atoms with Crippen LogP contribution in [0.15, 0.2) is 36.4 Å². The maximum absolute atomic E-state index is 14.0. The Morgan fingerprint density at radius 3 is 2.44 bits per heavy atom. The Kier molecular flexibility index (Phi) is 7.67. The van der Waals surface area contributed by atoms with Gasteiger partial charge in [-0.15, -0.1) is 0 Å². The second-order valence-electron chi connectivity index (χ2n) is 8.50. The second-order valence-corrected chi connectivity index (χ2v) is 8.50. The Morgan fingerprint density at radius 1 is 0.963 bits per heavy atom. The molecule has 0 bridgehead atoms. The van der Waals surface area contributed by atoms with Crippen molar-refractivity contribution in [2.75, 3.05) is 0 Å². The van der Waals surface area contributed by atoms with Crippen molar-refractivity contribution in [2.24, 2.45) is 17.8 Å². The Bertz CT molecular complexity index is 650. The standard InChI is InChI=1S/C25H34F2/c1-2-3-4-5-6-8-19-11-13-20(14-12-19)21-15-17-22(18-16-21)23-9-7-10-24(26)25(23)27/h7,9-10,15,17-21H,2-6,8,11-14,16H2,1H3/t19-,20-,21?. The monoisotopic (exact) mass is 372 g/mol. The zero-order valence-corrected chi connectivity index (χ0v) is 16.7. The highest BCUT2D eigenvalue weighted by molar-refractivity contribution is 5.75. The topological polar surface area (TPSA) is 0 Å². The number of hydrogen-bond acceptors (Lipinski definition) is 0. The van der Waals surface area contributed by atoms with E-state index in [2.05, 4.69) is 19.1 Å². The van der Waals surface area contributed by atoms with Crippen molar-refractivity contribution in [2.45, 2.75) is 77.6 Å². The highest BCUT2D eigenvalue weighted by Crippen LogP contribution is 2.40. The van der Waals surface area contributed by atoms with E-state index in [9.17, 15) is 8.78 Å². The van der Waals surface area contributed by atoms with Gasteiger partial charge in [-0.3, -0.25) is 0 Å². The fourth-order valence-corrected chi connectivity index (χ4v) is 4.85. The maximum atomic E-state index is 14.0. The van der Waals surface area contributed by atoms with Crippen LogP contribution in [0.1, 0.15) is 83.1 Å². The van der Waals surface area contributed by atoms with Gasteiger partial charge in [0, 0.05) is 5.56 Å². The van der Waals surface area contributed by atoms with Crippen molar-refractivity contribution in [3.8, 4) is 0 Å². The van der Waals surface area contributed by atoms with E-state index in [0.717, 1.165) is 23.8 Å². The van der Waals surface area contributed by atoms with Gasteiger partial charge in [-0.2, -0.15) is 0 Å². The van der Waals surface area contributed by atoms with Gasteiger partial charge in [-0.25, -0.2) is 8.78 Å². The highest BCUT2D eigenvalue weighted by Gasteiger charge is 2.27. The molecule has 0 saturated heterocycles. The molecule has 1 aromatic carbocycles. The summed E-state index contributed by atoms with van der Waals surface area (Å²) < 4.78 is 27.5. The van der Waals surface area contributed by atoms with Crippen molar-refractivity contribution in [1.82, 2.24) is 0 Å². The van der Waals surface area contributed by atoms with Crippen LogP contribution in [-0.2, 0) is 0 Å². The molecule has 0 amide bonds. The minimum Gasteiger partial charge on any atom is -0.204 e. The molecule has 1 saturated carbocycles. The molecule has 27 heavy (non-hydrogen) atoms. The number of hydrogen-bond donors (Lipinski definition) is 0. The molecule has 148 valence electrons. The molecule has 0 aromatic heterocycles. The van der Waals surface area contributed by atoms with Gasteiger partial charge < -0.3 is 0 Å². The van der Waals surface area contributed by atoms with Crippen LogP contribution in [0.4, 0.5) is 8.78 Å². The first-order chi connectivity index (χ1) is 13.2. The summed E-state index contributed by atoms with van der Waals surface area (Å²) in [7, 11) is 0. The van der Waals surface area contributed by atoms with E-state index in [1.54, 1.807) is 12.1 Å². The minimum absolute atomic E-state index is 0.386. The molecule has 0 spiro atoms. The molecule has 1 unspecified atom stereocenters. The third-order valence-electron chi connectivity index (χ3n) is 6.61. The lowest BCUT2D eigenvalue weighted by Crippen LogP contribution is -2.21. The summed E-state index contributed by atoms with van der Waals surface area (Å²) in [5.74, 6) is 0.759. The van der Waals surface area contributed by atoms with Crippen molar-refractivity contribution >= 4 is 5.57 Å². The fraction of sp³-hybridized carbons (Fsp3) is 0.600. The van der Waals surface area contributed by atoms with Gasteiger partial charge in [0.15, 0.2) is 11.6 Å². The molecular formula is C25H34F2. The lowest BCUT2D eigenvalue weighted by atomic mass is 9.72. The summed E-state index contributed by atoms with van der Waals surface area (Å²) in [5, 5.41) is 0. The second kappa shape index (κ2) is 10.2. The van der Waals surface area contributed by atoms with E-state index in [1.165, 1.54) is 70.3 Å². The van der Waals surface area contributed by atoms with E-state index in [-0.39, 0.29) is 0 Å². The molecule has 2 heteroatoms. The van der Waals surface area contributed by atoms with Crippen LogP contribution >= 0.6 is 0 Å². The lowest BCUT2D eigenvalue weighted by Gasteiger charge is -2.33. The molecule has 1 fully saturated rings. The Morgan fingerprint density at radius 2 is 1.74 bits per heavy atom. The van der Waals surface area contributed by atoms with Gasteiger partial charge in [-0.1, -0.05) is 88.7 Å². The van der Waals surface area contributed by atoms with Gasteiger partial charge in [0.05, 0.1) is 0 Å². The van der Waals surface area contributed by atoms with Crippen molar-refractivity contribution in [1.29, 1.82) is 0 Å². The van der Waals surface area contributed by atoms with Crippen LogP contribution in [0.25, 0.3) is 5.57 Å². The van der Waals surface area contributed by atoms with Crippen LogP contribution in [0, 0.1) is 29.4 Å². The first-order valence-corrected chi connectivity index (χ1v) is 11.0. The van der Waals surface area contributed by atoms with Gasteiger partial charge in [0.2, 0.25) is 0 Å². The third-order valence-corrected chi connectivity index (χ3v) is 6.61. The van der Waals surface area contributed by atoms with E-state index >= 15 is 0 Å². The number of unbranched alkanes of at least 4 members (excludes halogenated alkanes) is 4. The molecule has 0 aliphatic heterocycles. The van der Waals surface area contributed by atoms with E-state index in [4.69, 9.17) is 0 Å². The summed E-state index contributed by atoms with van der Waals surface area (Å²) in [6, 6.07) is 4.43. The molecule has 1 atom stereocenters. The van der Waals surface area contributed by atoms with Gasteiger partial charge in [0.1, 0.15) is 0 Å². The summed E-state index contributed by atoms with van der Waals surface area (Å²) in [4.78, 5) is 0. The normalized spacial score (nSPS) is 25.4. The first kappa shape index (κ1) is 20.3. The van der Waals surface area contributed by atoms with Crippen molar-refractivity contribution < 1.29 is 8.78 Å². The number of rotatable bonds is 8. The van der Waals surface area contributed by atoms with E-state index in [1.807, 2.05) is 6.08 Å². The zero-order chi connectivity index (χ0) is 19.1. The Balaban J connectivity index is 1.44. The molecule has 2 aliphatic rings. The summed E-state index contributed by atoms with van der Waals surface area (Å²) in [6.07, 6.45) is 21.0. The molecular weight excluding hydrogens is 338 g/mol. The zero-order valence-electron chi connectivity index (χ0n) is 16.7. The van der Waals surface area contributed by atoms with Gasteiger partial charge in [0.25, 0.3) is 0 Å². The predicted molar refractivity (Wildman–Crippen MR) is 110 cm³/mol. The molecule has 1 aromatic rings. The summed E-state index contributed by atoms with van der Waals surface area (Å²) in [5.41, 5.74) is 1.21. The summed E-state index contributed by atoms with van der Waals surface area (Å²) >= 11 is 0. The van der Waals surface area contributed by atoms with Crippen molar-refractivity contribution in [3.05, 3.63) is 53.6 Å². The smallest absolute Gasteiger partial charge is 0.166 e. The number of halogens is 2. The largest absolute Gasteiger partial charge is 0.204 e. The molecule has 0 heterocycles.